The number of benzene rings is 3. The first-order chi connectivity index (χ1) is 18.7. The summed E-state index contributed by atoms with van der Waals surface area (Å²) in [5.41, 5.74) is 1.93. The number of aromatic hydroxyl groups is 1. The quantitative estimate of drug-likeness (QED) is 0.360. The summed E-state index contributed by atoms with van der Waals surface area (Å²) < 4.78 is 10.8. The van der Waals surface area contributed by atoms with E-state index in [0.29, 0.717) is 13.2 Å². The fourth-order valence-corrected chi connectivity index (χ4v) is 4.80. The van der Waals surface area contributed by atoms with E-state index < -0.39 is 12.1 Å². The Bertz CT molecular complexity index is 1160. The van der Waals surface area contributed by atoms with Gasteiger partial charge < -0.3 is 24.4 Å². The lowest BCUT2D eigenvalue weighted by Crippen LogP contribution is -2.46. The summed E-state index contributed by atoms with van der Waals surface area (Å²) >= 11 is 1.57. The molecule has 0 bridgehead atoms. The molecule has 3 aromatic rings. The van der Waals surface area contributed by atoms with Crippen molar-refractivity contribution in [3.63, 3.8) is 0 Å². The second-order valence-corrected chi connectivity index (χ2v) is 10.3. The van der Waals surface area contributed by atoms with Crippen molar-refractivity contribution in [1.29, 1.82) is 0 Å². The van der Waals surface area contributed by atoms with Crippen molar-refractivity contribution in [3.05, 3.63) is 84.4 Å². The smallest absolute Gasteiger partial charge is 0.303 e. The van der Waals surface area contributed by atoms with Crippen molar-refractivity contribution < 1.29 is 24.2 Å². The highest BCUT2D eigenvalue weighted by atomic mass is 32.2. The van der Waals surface area contributed by atoms with Gasteiger partial charge in [-0.15, -0.1) is 11.8 Å². The maximum atomic E-state index is 12.9. The number of phenols is 1. The van der Waals surface area contributed by atoms with Crippen molar-refractivity contribution in [3.8, 4) is 11.5 Å². The number of thioether (sulfide) groups is 1. The molecule has 4 rings (SSSR count). The lowest BCUT2D eigenvalue weighted by molar-refractivity contribution is -0.152. The van der Waals surface area contributed by atoms with Gasteiger partial charge in [0.1, 0.15) is 18.1 Å². The van der Waals surface area contributed by atoms with Gasteiger partial charge in [-0.3, -0.25) is 9.59 Å². The molecule has 7 nitrogen and oxygen atoms in total. The molecule has 210 valence electrons. The average molecular weight is 553 g/mol. The molecule has 2 atom stereocenters. The summed E-state index contributed by atoms with van der Waals surface area (Å²) in [7, 11) is 3.93. The fraction of sp³-hybridized carbons (Fsp3) is 0.355. The van der Waals surface area contributed by atoms with Crippen LogP contribution in [-0.4, -0.2) is 60.4 Å². The Labute approximate surface area is 236 Å². The van der Waals surface area contributed by atoms with Crippen LogP contribution in [0.25, 0.3) is 0 Å². The van der Waals surface area contributed by atoms with Crippen molar-refractivity contribution in [2.24, 2.45) is 0 Å². The number of fused-ring (bicyclic) bond motifs is 1. The third-order valence-corrected chi connectivity index (χ3v) is 6.77. The molecule has 1 aliphatic heterocycles. The summed E-state index contributed by atoms with van der Waals surface area (Å²) in [6, 6.07) is 24.5. The lowest BCUT2D eigenvalue weighted by Gasteiger charge is -2.27. The molecule has 0 fully saturated rings. The predicted molar refractivity (Wildman–Crippen MR) is 158 cm³/mol. The number of ether oxygens (including phenoxy) is 2. The molecule has 8 heteroatoms. The molecule has 0 aromatic heterocycles. The monoisotopic (exact) mass is 552 g/mol. The lowest BCUT2D eigenvalue weighted by atomic mass is 10.2. The van der Waals surface area contributed by atoms with E-state index in [9.17, 15) is 9.59 Å². The molecule has 1 heterocycles. The summed E-state index contributed by atoms with van der Waals surface area (Å²) in [6.07, 6.45) is -0.753. The number of esters is 1. The molecule has 0 spiro atoms. The number of phenolic OH excluding ortho intramolecular Hbond substituents is 1. The number of carbonyl (C=O) groups is 2. The first kappa shape index (κ1) is 31.7. The second-order valence-electron chi connectivity index (χ2n) is 8.88. The highest BCUT2D eigenvalue weighted by molar-refractivity contribution is 8.00. The van der Waals surface area contributed by atoms with E-state index in [1.54, 1.807) is 28.8 Å². The van der Waals surface area contributed by atoms with Crippen LogP contribution in [0.3, 0.4) is 0 Å². The van der Waals surface area contributed by atoms with Gasteiger partial charge in [-0.1, -0.05) is 56.3 Å². The van der Waals surface area contributed by atoms with Crippen LogP contribution in [-0.2, 0) is 20.9 Å². The zero-order valence-electron chi connectivity index (χ0n) is 23.7. The van der Waals surface area contributed by atoms with Crippen molar-refractivity contribution in [2.45, 2.75) is 50.6 Å². The van der Waals surface area contributed by atoms with Gasteiger partial charge in [0.2, 0.25) is 0 Å². The Balaban J connectivity index is 0.000000273. The molecule has 1 amide bonds. The van der Waals surface area contributed by atoms with Crippen LogP contribution >= 0.6 is 11.8 Å². The Morgan fingerprint density at radius 3 is 2.21 bits per heavy atom. The molecule has 39 heavy (non-hydrogen) atoms. The molecule has 0 saturated carbocycles. The molecular formula is C31H40N2O5S. The van der Waals surface area contributed by atoms with E-state index >= 15 is 0 Å². The third kappa shape index (κ3) is 10.3. The van der Waals surface area contributed by atoms with Crippen LogP contribution in [0.4, 0.5) is 5.69 Å². The molecule has 0 radical (unpaired) electrons. The van der Waals surface area contributed by atoms with Gasteiger partial charge in [0, 0.05) is 24.9 Å². The highest BCUT2D eigenvalue weighted by Crippen LogP contribution is 2.38. The standard InChI is InChI=1S/C16H22N2O3S.C13H12O2.C2H6/c1-11-15(21-12(2)19)16(20)18(10-9-17(3)4)13-7-5-6-8-14(13)22-11;14-12-8-6-11(7-9-12)10-15-13-4-2-1-3-5-13;1-2/h5-8,11,15H,9-10H2,1-4H3;1-9,14H,10H2;1-2H3. The van der Waals surface area contributed by atoms with Crippen LogP contribution in [0, 0.1) is 0 Å². The van der Waals surface area contributed by atoms with E-state index in [-0.39, 0.29) is 16.9 Å². The van der Waals surface area contributed by atoms with Gasteiger partial charge >= 0.3 is 5.97 Å². The number of para-hydroxylation sites is 2. The summed E-state index contributed by atoms with van der Waals surface area (Å²) in [4.78, 5) is 29.0. The first-order valence-electron chi connectivity index (χ1n) is 13.1. The minimum atomic E-state index is -0.753. The number of rotatable bonds is 7. The molecule has 2 unspecified atom stereocenters. The topological polar surface area (TPSA) is 79.3 Å². The first-order valence-corrected chi connectivity index (χ1v) is 14.0. The number of carbonyl (C=O) groups excluding carboxylic acids is 2. The Kier molecular flexibility index (Phi) is 13.4. The minimum absolute atomic E-state index is 0.123. The van der Waals surface area contributed by atoms with Gasteiger partial charge in [-0.05, 0) is 63.0 Å². The zero-order valence-corrected chi connectivity index (χ0v) is 24.5. The molecule has 3 aromatic carbocycles. The normalized spacial score (nSPS) is 16.1. The van der Waals surface area contributed by atoms with E-state index in [1.165, 1.54) is 6.92 Å². The maximum Gasteiger partial charge on any atom is 0.303 e. The number of anilines is 1. The number of amides is 1. The molecule has 1 aliphatic rings. The van der Waals surface area contributed by atoms with Crippen LogP contribution < -0.4 is 9.64 Å². The number of hydrogen-bond donors (Lipinski definition) is 1. The number of nitrogens with zero attached hydrogens (tertiary/aromatic N) is 2. The molecule has 1 N–H and O–H groups in total. The summed E-state index contributed by atoms with van der Waals surface area (Å²) in [5.74, 6) is 0.551. The van der Waals surface area contributed by atoms with E-state index in [1.807, 2.05) is 106 Å². The van der Waals surface area contributed by atoms with Crippen LogP contribution in [0.1, 0.15) is 33.3 Å². The summed E-state index contributed by atoms with van der Waals surface area (Å²) in [6.45, 7) is 9.08. The minimum Gasteiger partial charge on any atom is -0.508 e. The largest absolute Gasteiger partial charge is 0.508 e. The molecule has 0 saturated heterocycles. The Hall–Kier alpha value is -3.49. The van der Waals surface area contributed by atoms with Crippen LogP contribution in [0.2, 0.25) is 0 Å². The van der Waals surface area contributed by atoms with Crippen LogP contribution in [0.5, 0.6) is 11.5 Å². The Morgan fingerprint density at radius 2 is 1.59 bits per heavy atom. The van der Waals surface area contributed by atoms with E-state index in [0.717, 1.165) is 28.4 Å². The zero-order chi connectivity index (χ0) is 28.8. The van der Waals surface area contributed by atoms with E-state index in [4.69, 9.17) is 14.6 Å². The SMILES string of the molecule is CC.CC(=O)OC1C(=O)N(CCN(C)C)c2ccccc2SC1C.Oc1ccc(COc2ccccc2)cc1. The van der Waals surface area contributed by atoms with Crippen LogP contribution in [0.15, 0.2) is 83.8 Å². The van der Waals surface area contributed by atoms with Gasteiger partial charge in [0.15, 0.2) is 6.10 Å². The van der Waals surface area contributed by atoms with Crippen molar-refractivity contribution in [1.82, 2.24) is 4.90 Å². The molecule has 0 aliphatic carbocycles. The number of likely N-dealkylation sites (N-methyl/N-ethyl adjacent to an activating group) is 1. The predicted octanol–water partition coefficient (Wildman–Crippen LogP) is 6.00. The summed E-state index contributed by atoms with van der Waals surface area (Å²) in [5, 5.41) is 8.98. The second kappa shape index (κ2) is 16.5. The van der Waals surface area contributed by atoms with Gasteiger partial charge in [0.25, 0.3) is 5.91 Å². The molecular weight excluding hydrogens is 512 g/mol. The van der Waals surface area contributed by atoms with Crippen molar-refractivity contribution in [2.75, 3.05) is 32.1 Å². The van der Waals surface area contributed by atoms with Crippen molar-refractivity contribution >= 4 is 29.3 Å². The van der Waals surface area contributed by atoms with E-state index in [2.05, 4.69) is 0 Å². The average Bonchev–Trinajstić information content (AvgIpc) is 3.03. The Morgan fingerprint density at radius 1 is 0.974 bits per heavy atom. The third-order valence-electron chi connectivity index (χ3n) is 5.55. The highest BCUT2D eigenvalue weighted by Gasteiger charge is 2.37. The fourth-order valence-electron chi connectivity index (χ4n) is 3.65. The van der Waals surface area contributed by atoms with Gasteiger partial charge in [0.05, 0.1) is 10.9 Å². The number of hydrogen-bond acceptors (Lipinski definition) is 7. The van der Waals surface area contributed by atoms with Gasteiger partial charge in [-0.25, -0.2) is 0 Å². The maximum absolute atomic E-state index is 12.9. The van der Waals surface area contributed by atoms with Gasteiger partial charge in [-0.2, -0.15) is 0 Å².